The number of urea groups is 1. The lowest BCUT2D eigenvalue weighted by molar-refractivity contribution is 0.262. The van der Waals surface area contributed by atoms with Gasteiger partial charge in [-0.3, -0.25) is 18.5 Å². The molecule has 0 aliphatic rings. The van der Waals surface area contributed by atoms with E-state index >= 15 is 0 Å². The highest BCUT2D eigenvalue weighted by atomic mass is 32.2. The number of carbonyl (C=O) groups is 1. The number of aromatic hydroxyl groups is 2. The van der Waals surface area contributed by atoms with Crippen molar-refractivity contribution in [2.45, 2.75) is 33.4 Å². The molecule has 0 saturated heterocycles. The maximum Gasteiger partial charge on any atom is 0.323 e. The van der Waals surface area contributed by atoms with Crippen molar-refractivity contribution in [3.05, 3.63) is 108 Å². The molecule has 0 saturated carbocycles. The van der Waals surface area contributed by atoms with Crippen LogP contribution in [-0.4, -0.2) is 59.0 Å². The summed E-state index contributed by atoms with van der Waals surface area (Å²) in [7, 11) is -18.3. The number of hydrogen-bond acceptors (Lipinski definition) is 11. The zero-order valence-corrected chi connectivity index (χ0v) is 32.1. The first-order chi connectivity index (χ1) is 26.0. The Morgan fingerprint density at radius 1 is 0.464 bits per heavy atom. The third kappa shape index (κ3) is 8.46. The Kier molecular flexibility index (Phi) is 10.1. The molecule has 17 nitrogen and oxygen atoms in total. The van der Waals surface area contributed by atoms with Crippen LogP contribution in [-0.2, 0) is 40.3 Å². The minimum atomic E-state index is -4.80. The van der Waals surface area contributed by atoms with Crippen molar-refractivity contribution in [3.63, 3.8) is 0 Å². The Hall–Kier alpha value is -5.97. The molecule has 56 heavy (non-hydrogen) atoms. The summed E-state index contributed by atoms with van der Waals surface area (Å²) >= 11 is 0. The molecule has 0 atom stereocenters. The van der Waals surface area contributed by atoms with E-state index in [1.165, 1.54) is 86.6 Å². The molecular formula is C35H30N4O13S4. The van der Waals surface area contributed by atoms with E-state index in [2.05, 4.69) is 20.1 Å². The second kappa shape index (κ2) is 14.3. The van der Waals surface area contributed by atoms with Crippen LogP contribution in [0.5, 0.6) is 11.5 Å². The van der Waals surface area contributed by atoms with E-state index in [4.69, 9.17) is 0 Å². The largest absolute Gasteiger partial charge is 0.508 e. The van der Waals surface area contributed by atoms with E-state index in [-0.39, 0.29) is 65.2 Å². The molecule has 6 aromatic rings. The van der Waals surface area contributed by atoms with Gasteiger partial charge >= 0.3 is 6.03 Å². The van der Waals surface area contributed by atoms with Gasteiger partial charge in [0.05, 0.1) is 9.79 Å². The monoisotopic (exact) mass is 842 g/mol. The SMILES string of the molecule is Cc1ccc(NC(=O)Nc2ccc(C)c(S(=O)(=O)Nc3ccc4cc(O)cc(S(=O)(=O)O)c4c3)c2)cc1S(=O)(=O)Nc1ccc2cc(O)cc(S(=O)(=O)O)c2c1. The molecule has 0 radical (unpaired) electrons. The van der Waals surface area contributed by atoms with Crippen LogP contribution in [0.1, 0.15) is 11.1 Å². The van der Waals surface area contributed by atoms with Crippen LogP contribution in [0.2, 0.25) is 0 Å². The Morgan fingerprint density at radius 2 is 0.821 bits per heavy atom. The van der Waals surface area contributed by atoms with Gasteiger partial charge in [0.1, 0.15) is 21.3 Å². The number of phenolic OH excluding ortho intramolecular Hbond substituents is 2. The Balaban J connectivity index is 1.21. The first-order valence-corrected chi connectivity index (χ1v) is 21.7. The lowest BCUT2D eigenvalue weighted by Crippen LogP contribution is -2.21. The number of aryl methyl sites for hydroxylation is 2. The van der Waals surface area contributed by atoms with Crippen LogP contribution in [0.25, 0.3) is 21.5 Å². The van der Waals surface area contributed by atoms with Gasteiger partial charge in [0.2, 0.25) is 0 Å². The second-order valence-electron chi connectivity index (χ2n) is 12.5. The van der Waals surface area contributed by atoms with Gasteiger partial charge in [-0.1, -0.05) is 24.3 Å². The van der Waals surface area contributed by atoms with Crippen LogP contribution in [0.3, 0.4) is 0 Å². The number of sulfonamides is 2. The summed E-state index contributed by atoms with van der Waals surface area (Å²) in [6.45, 7) is 2.99. The topological polar surface area (TPSA) is 283 Å². The second-order valence-corrected chi connectivity index (χ2v) is 18.5. The van der Waals surface area contributed by atoms with Gasteiger partial charge in [0.15, 0.2) is 0 Å². The fourth-order valence-electron chi connectivity index (χ4n) is 5.82. The summed E-state index contributed by atoms with van der Waals surface area (Å²) in [5.74, 6) is -0.872. The standard InChI is InChI=1S/C35H30N4O13S4/c1-19-3-7-23(15-31(19)53(43,44)38-25-9-5-21-11-27(40)17-33(29(21)13-25)55(47,48)49)36-35(42)37-24-8-4-20(2)32(16-24)54(45,46)39-26-10-6-22-12-28(41)18-34(30(22)14-26)56(50,51)52/h3-18,38-41H,1-2H3,(H2,36,37,42)(H,47,48,49)(H,50,51,52). The minimum absolute atomic E-state index is 0.0200. The molecule has 0 spiro atoms. The molecule has 292 valence electrons. The number of hydrogen-bond donors (Lipinski definition) is 8. The van der Waals surface area contributed by atoms with Crippen molar-refractivity contribution >= 4 is 90.6 Å². The Morgan fingerprint density at radius 3 is 1.18 bits per heavy atom. The van der Waals surface area contributed by atoms with Gasteiger partial charge in [0, 0.05) is 45.7 Å². The molecule has 0 unspecified atom stereocenters. The maximum absolute atomic E-state index is 13.5. The van der Waals surface area contributed by atoms with Gasteiger partial charge in [0.25, 0.3) is 40.3 Å². The van der Waals surface area contributed by atoms with Gasteiger partial charge in [-0.05, 0) is 96.4 Å². The fourth-order valence-corrected chi connectivity index (χ4v) is 9.91. The summed E-state index contributed by atoms with van der Waals surface area (Å²) in [6.07, 6.45) is 0. The zero-order chi connectivity index (χ0) is 41.0. The Labute approximate surface area is 320 Å². The summed E-state index contributed by atoms with van der Waals surface area (Å²) in [5, 5.41) is 25.0. The molecule has 21 heteroatoms. The highest BCUT2D eigenvalue weighted by molar-refractivity contribution is 7.93. The third-order valence-electron chi connectivity index (χ3n) is 8.33. The molecule has 0 bridgehead atoms. The van der Waals surface area contributed by atoms with Crippen LogP contribution < -0.4 is 20.1 Å². The van der Waals surface area contributed by atoms with Crippen molar-refractivity contribution in [2.24, 2.45) is 0 Å². The summed E-state index contributed by atoms with van der Waals surface area (Å²) in [5.41, 5.74) is 0.428. The van der Waals surface area contributed by atoms with Crippen LogP contribution in [0.15, 0.2) is 117 Å². The summed E-state index contributed by atoms with van der Waals surface area (Å²) in [4.78, 5) is 11.2. The maximum atomic E-state index is 13.5. The van der Waals surface area contributed by atoms with E-state index < -0.39 is 67.6 Å². The van der Waals surface area contributed by atoms with E-state index in [9.17, 15) is 57.8 Å². The van der Waals surface area contributed by atoms with Crippen LogP contribution in [0, 0.1) is 13.8 Å². The quantitative estimate of drug-likeness (QED) is 0.0763. The number of rotatable bonds is 10. The number of phenols is 2. The predicted molar refractivity (Wildman–Crippen MR) is 207 cm³/mol. The molecule has 0 aliphatic carbocycles. The molecule has 0 aliphatic heterocycles. The number of nitrogens with one attached hydrogen (secondary N) is 4. The fraction of sp³-hybridized carbons (Fsp3) is 0.0571. The molecule has 6 rings (SSSR count). The van der Waals surface area contributed by atoms with Crippen molar-refractivity contribution in [1.29, 1.82) is 0 Å². The number of fused-ring (bicyclic) bond motifs is 2. The van der Waals surface area contributed by atoms with Crippen molar-refractivity contribution < 1.29 is 57.8 Å². The van der Waals surface area contributed by atoms with Gasteiger partial charge in [-0.25, -0.2) is 21.6 Å². The van der Waals surface area contributed by atoms with E-state index in [1.54, 1.807) is 0 Å². The first-order valence-electron chi connectivity index (χ1n) is 15.8. The Bertz CT molecular complexity index is 2880. The summed E-state index contributed by atoms with van der Waals surface area (Å²) in [6, 6.07) is 18.9. The van der Waals surface area contributed by atoms with Crippen molar-refractivity contribution in [3.8, 4) is 11.5 Å². The van der Waals surface area contributed by atoms with Crippen LogP contribution in [0.4, 0.5) is 27.5 Å². The molecule has 0 fully saturated rings. The molecule has 2 amide bonds. The highest BCUT2D eigenvalue weighted by Crippen LogP contribution is 2.33. The lowest BCUT2D eigenvalue weighted by atomic mass is 10.1. The molecular weight excluding hydrogens is 813 g/mol. The van der Waals surface area contributed by atoms with Gasteiger partial charge in [-0.15, -0.1) is 0 Å². The first kappa shape index (κ1) is 39.7. The minimum Gasteiger partial charge on any atom is -0.508 e. The third-order valence-corrected chi connectivity index (χ3v) is 13.2. The normalized spacial score (nSPS) is 12.4. The van der Waals surface area contributed by atoms with Crippen molar-refractivity contribution in [2.75, 3.05) is 20.1 Å². The summed E-state index contributed by atoms with van der Waals surface area (Å²) < 4.78 is 126. The average molecular weight is 843 g/mol. The van der Waals surface area contributed by atoms with Gasteiger partial charge in [-0.2, -0.15) is 16.8 Å². The highest BCUT2D eigenvalue weighted by Gasteiger charge is 2.23. The smallest absolute Gasteiger partial charge is 0.323 e. The van der Waals surface area contributed by atoms with Crippen LogP contribution >= 0.6 is 0 Å². The number of anilines is 4. The molecule has 6 aromatic carbocycles. The van der Waals surface area contributed by atoms with E-state index in [0.717, 1.165) is 24.3 Å². The van der Waals surface area contributed by atoms with Gasteiger partial charge < -0.3 is 20.8 Å². The number of benzene rings is 6. The predicted octanol–water partition coefficient (Wildman–Crippen LogP) is 5.76. The molecule has 0 aromatic heterocycles. The average Bonchev–Trinajstić information content (AvgIpc) is 3.08. The van der Waals surface area contributed by atoms with E-state index in [0.29, 0.717) is 0 Å². The number of amides is 2. The van der Waals surface area contributed by atoms with Crippen molar-refractivity contribution in [1.82, 2.24) is 0 Å². The van der Waals surface area contributed by atoms with E-state index in [1.807, 2.05) is 0 Å². The number of carbonyl (C=O) groups excluding carboxylic acids is 1. The molecule has 0 heterocycles. The lowest BCUT2D eigenvalue weighted by Gasteiger charge is -2.15. The molecule has 8 N–H and O–H groups in total. The zero-order valence-electron chi connectivity index (χ0n) is 28.8.